The van der Waals surface area contributed by atoms with Gasteiger partial charge in [0.1, 0.15) is 11.9 Å². The van der Waals surface area contributed by atoms with Crippen LogP contribution in [-0.2, 0) is 4.74 Å². The maximum atomic E-state index is 11.5. The Hall–Kier alpha value is -4.39. The topological polar surface area (TPSA) is 35.5 Å². The zero-order chi connectivity index (χ0) is 20.5. The van der Waals surface area contributed by atoms with Crippen molar-refractivity contribution < 1.29 is 14.3 Å². The molecule has 3 heteroatoms. The smallest absolute Gasteiger partial charge is 0.337 e. The van der Waals surface area contributed by atoms with Gasteiger partial charge in [-0.05, 0) is 58.4 Å². The van der Waals surface area contributed by atoms with Gasteiger partial charge in [-0.1, -0.05) is 48.5 Å². The Balaban J connectivity index is 1.70. The van der Waals surface area contributed by atoms with Crippen molar-refractivity contribution >= 4 is 5.97 Å². The molecule has 0 saturated carbocycles. The summed E-state index contributed by atoms with van der Waals surface area (Å²) >= 11 is 0. The predicted octanol–water partition coefficient (Wildman–Crippen LogP) is 4.78. The Morgan fingerprint density at radius 2 is 1.21 bits per heavy atom. The van der Waals surface area contributed by atoms with Crippen molar-refractivity contribution in [2.45, 2.75) is 0 Å². The van der Waals surface area contributed by atoms with E-state index in [0.29, 0.717) is 11.3 Å². The molecule has 138 valence electrons. The lowest BCUT2D eigenvalue weighted by molar-refractivity contribution is 0.0601. The molecule has 0 saturated heterocycles. The highest BCUT2D eigenvalue weighted by Gasteiger charge is 2.06. The monoisotopic (exact) mass is 376 g/mol. The second kappa shape index (κ2) is 9.52. The summed E-state index contributed by atoms with van der Waals surface area (Å²) in [5.74, 6) is 9.85. The third kappa shape index (κ3) is 5.08. The lowest BCUT2D eigenvalue weighted by Gasteiger charge is -2.06. The van der Waals surface area contributed by atoms with Crippen LogP contribution in [0.3, 0.4) is 0 Å². The minimum atomic E-state index is -0.342. The van der Waals surface area contributed by atoms with Crippen LogP contribution in [0.4, 0.5) is 0 Å². The second-order valence-corrected chi connectivity index (χ2v) is 5.89. The fourth-order valence-electron chi connectivity index (χ4n) is 2.66. The van der Waals surface area contributed by atoms with Crippen molar-refractivity contribution in [3.63, 3.8) is 0 Å². The predicted molar refractivity (Wildman–Crippen MR) is 114 cm³/mol. The van der Waals surface area contributed by atoms with Gasteiger partial charge in [0.05, 0.1) is 12.7 Å². The Kier molecular flexibility index (Phi) is 6.36. The molecular weight excluding hydrogens is 360 g/mol. The first-order valence-corrected chi connectivity index (χ1v) is 8.73. The highest BCUT2D eigenvalue weighted by molar-refractivity contribution is 5.90. The van der Waals surface area contributed by atoms with Crippen LogP contribution in [0.1, 0.15) is 10.4 Å². The molecule has 0 fully saturated rings. The molecule has 0 radical (unpaired) electrons. The molecule has 0 N–H and O–H groups in total. The highest BCUT2D eigenvalue weighted by Crippen LogP contribution is 2.26. The van der Waals surface area contributed by atoms with Gasteiger partial charge in [0, 0.05) is 11.8 Å². The van der Waals surface area contributed by atoms with Crippen molar-refractivity contribution in [3.8, 4) is 64.2 Å². The molecule has 0 aliphatic carbocycles. The molecule has 0 unspecified atom stereocenters. The molecule has 29 heavy (non-hydrogen) atoms. The van der Waals surface area contributed by atoms with Crippen molar-refractivity contribution in [2.75, 3.05) is 7.11 Å². The molecule has 0 atom stereocenters. The average Bonchev–Trinajstić information content (AvgIpc) is 2.79. The molecule has 0 amide bonds. The number of hydrogen-bond donors (Lipinski definition) is 0. The van der Waals surface area contributed by atoms with E-state index in [9.17, 15) is 4.79 Å². The van der Waals surface area contributed by atoms with Crippen molar-refractivity contribution in [1.82, 2.24) is 0 Å². The second-order valence-electron chi connectivity index (χ2n) is 5.89. The van der Waals surface area contributed by atoms with E-state index in [1.165, 1.54) is 7.11 Å². The van der Waals surface area contributed by atoms with E-state index in [4.69, 9.17) is 15.9 Å². The SMILES string of the molecule is C#CC#CC#COc1ccc(-c2ccc(-c3ccc(C(=O)OC)cc3)cc2)cc1. The number of methoxy groups -OCH3 is 1. The minimum Gasteiger partial charge on any atom is -0.465 e. The van der Waals surface area contributed by atoms with Gasteiger partial charge in [-0.2, -0.15) is 0 Å². The molecule has 3 nitrogen and oxygen atoms in total. The van der Waals surface area contributed by atoms with Crippen molar-refractivity contribution in [3.05, 3.63) is 78.4 Å². The minimum absolute atomic E-state index is 0.342. The number of carbonyl (C=O) groups excluding carboxylic acids is 1. The van der Waals surface area contributed by atoms with E-state index < -0.39 is 0 Å². The zero-order valence-corrected chi connectivity index (χ0v) is 15.7. The Morgan fingerprint density at radius 1 is 0.724 bits per heavy atom. The molecule has 0 bridgehead atoms. The molecule has 3 rings (SSSR count). The summed E-state index contributed by atoms with van der Waals surface area (Å²) in [5, 5.41) is 0. The van der Waals surface area contributed by atoms with Gasteiger partial charge < -0.3 is 9.47 Å². The van der Waals surface area contributed by atoms with Gasteiger partial charge in [-0.15, -0.1) is 6.42 Å². The number of benzene rings is 3. The van der Waals surface area contributed by atoms with Gasteiger partial charge in [0.25, 0.3) is 0 Å². The largest absolute Gasteiger partial charge is 0.465 e. The quantitative estimate of drug-likeness (QED) is 0.485. The molecule has 3 aromatic rings. The van der Waals surface area contributed by atoms with Crippen molar-refractivity contribution in [1.29, 1.82) is 0 Å². The third-order valence-electron chi connectivity index (χ3n) is 4.13. The molecule has 0 aliphatic heterocycles. The summed E-state index contributed by atoms with van der Waals surface area (Å²) in [6.45, 7) is 0. The molecular formula is C26H16O3. The van der Waals surface area contributed by atoms with Crippen LogP contribution in [-0.4, -0.2) is 13.1 Å². The summed E-state index contributed by atoms with van der Waals surface area (Å²) in [5.41, 5.74) is 4.76. The molecule has 0 spiro atoms. The van der Waals surface area contributed by atoms with E-state index in [0.717, 1.165) is 22.3 Å². The Bertz CT molecular complexity index is 1160. The van der Waals surface area contributed by atoms with Gasteiger partial charge >= 0.3 is 5.97 Å². The number of ether oxygens (including phenoxy) is 2. The Morgan fingerprint density at radius 3 is 1.69 bits per heavy atom. The number of rotatable bonds is 4. The van der Waals surface area contributed by atoms with Crippen LogP contribution in [0.5, 0.6) is 5.75 Å². The first-order chi connectivity index (χ1) is 14.2. The lowest BCUT2D eigenvalue weighted by Crippen LogP contribution is -2.00. The normalized spacial score (nSPS) is 9.10. The van der Waals surface area contributed by atoms with Gasteiger partial charge in [0.15, 0.2) is 0 Å². The molecule has 3 aromatic carbocycles. The van der Waals surface area contributed by atoms with Gasteiger partial charge in [-0.25, -0.2) is 4.79 Å². The van der Waals surface area contributed by atoms with Crippen LogP contribution in [0.25, 0.3) is 22.3 Å². The van der Waals surface area contributed by atoms with Crippen LogP contribution < -0.4 is 4.74 Å². The summed E-state index contributed by atoms with van der Waals surface area (Å²) in [6.07, 6.45) is 7.50. The summed E-state index contributed by atoms with van der Waals surface area (Å²) in [6, 6.07) is 23.1. The highest BCUT2D eigenvalue weighted by atomic mass is 16.5. The maximum Gasteiger partial charge on any atom is 0.337 e. The van der Waals surface area contributed by atoms with E-state index in [1.54, 1.807) is 12.1 Å². The van der Waals surface area contributed by atoms with Gasteiger partial charge in [0.2, 0.25) is 0 Å². The third-order valence-corrected chi connectivity index (χ3v) is 4.13. The number of carbonyl (C=O) groups is 1. The van der Waals surface area contributed by atoms with E-state index in [1.807, 2.05) is 48.5 Å². The van der Waals surface area contributed by atoms with Crippen LogP contribution >= 0.6 is 0 Å². The fraction of sp³-hybridized carbons (Fsp3) is 0.0385. The average molecular weight is 376 g/mol. The molecule has 0 heterocycles. The first-order valence-electron chi connectivity index (χ1n) is 8.73. The summed E-state index contributed by atoms with van der Waals surface area (Å²) in [7, 11) is 1.37. The summed E-state index contributed by atoms with van der Waals surface area (Å²) < 4.78 is 10.0. The Labute approximate surface area is 170 Å². The van der Waals surface area contributed by atoms with E-state index in [-0.39, 0.29) is 5.97 Å². The van der Waals surface area contributed by atoms with Crippen LogP contribution in [0, 0.1) is 36.2 Å². The van der Waals surface area contributed by atoms with E-state index >= 15 is 0 Å². The lowest BCUT2D eigenvalue weighted by atomic mass is 9.99. The number of esters is 1. The molecule has 0 aliphatic rings. The standard InChI is InChI=1S/C26H16O3/c1-3-4-5-6-19-29-25-17-15-23(16-18-25)21-9-7-20(8-10-21)22-11-13-24(14-12-22)26(27)28-2/h1,7-18H,2H3. The fourth-order valence-corrected chi connectivity index (χ4v) is 2.66. The number of hydrogen-bond acceptors (Lipinski definition) is 3. The summed E-state index contributed by atoms with van der Waals surface area (Å²) in [4.78, 5) is 11.5. The van der Waals surface area contributed by atoms with Gasteiger partial charge in [-0.3, -0.25) is 0 Å². The van der Waals surface area contributed by atoms with Crippen LogP contribution in [0.2, 0.25) is 0 Å². The maximum absolute atomic E-state index is 11.5. The first kappa shape index (κ1) is 19.4. The van der Waals surface area contributed by atoms with Crippen molar-refractivity contribution in [2.24, 2.45) is 0 Å². The van der Waals surface area contributed by atoms with E-state index in [2.05, 4.69) is 41.9 Å². The zero-order valence-electron chi connectivity index (χ0n) is 15.7. The molecule has 0 aromatic heterocycles. The van der Waals surface area contributed by atoms with Crippen LogP contribution in [0.15, 0.2) is 72.8 Å². The number of terminal acetylenes is 1.